The van der Waals surface area contributed by atoms with Gasteiger partial charge in [0.1, 0.15) is 27.5 Å². The predicted molar refractivity (Wildman–Crippen MR) is 128 cm³/mol. The summed E-state index contributed by atoms with van der Waals surface area (Å²) in [6.45, 7) is 3.62. The van der Waals surface area contributed by atoms with Crippen LogP contribution in [0.2, 0.25) is 0 Å². The van der Waals surface area contributed by atoms with Gasteiger partial charge in [-0.05, 0) is 30.7 Å². The van der Waals surface area contributed by atoms with E-state index in [0.29, 0.717) is 26.1 Å². The first-order chi connectivity index (χ1) is 14.9. The molecule has 0 radical (unpaired) electrons. The lowest BCUT2D eigenvalue weighted by molar-refractivity contribution is -0.122. The highest BCUT2D eigenvalue weighted by atomic mass is 32.2. The number of hydrogen-bond donors (Lipinski definition) is 0. The van der Waals surface area contributed by atoms with E-state index in [0.717, 1.165) is 30.4 Å². The van der Waals surface area contributed by atoms with Crippen LogP contribution in [0, 0.1) is 18.3 Å². The van der Waals surface area contributed by atoms with E-state index in [9.17, 15) is 14.9 Å². The van der Waals surface area contributed by atoms with Crippen LogP contribution in [-0.4, -0.2) is 44.3 Å². The summed E-state index contributed by atoms with van der Waals surface area (Å²) >= 11 is 8.52. The highest BCUT2D eigenvalue weighted by Crippen LogP contribution is 2.36. The summed E-state index contributed by atoms with van der Waals surface area (Å²) in [5.41, 5.74) is 1.06. The van der Waals surface area contributed by atoms with E-state index in [1.54, 1.807) is 38.4 Å². The van der Waals surface area contributed by atoms with Crippen molar-refractivity contribution in [2.75, 3.05) is 29.5 Å². The van der Waals surface area contributed by atoms with Crippen LogP contribution < -0.4 is 10.5 Å². The molecular formula is C21H20N4O3S3. The van der Waals surface area contributed by atoms with Gasteiger partial charge in [0.05, 0.1) is 17.7 Å². The van der Waals surface area contributed by atoms with E-state index in [4.69, 9.17) is 16.6 Å². The molecule has 0 atom stereocenters. The molecule has 2 fully saturated rings. The summed E-state index contributed by atoms with van der Waals surface area (Å²) in [5, 5.41) is 9.58. The van der Waals surface area contributed by atoms with E-state index in [1.165, 1.54) is 21.2 Å². The van der Waals surface area contributed by atoms with E-state index in [1.807, 2.05) is 17.8 Å². The van der Waals surface area contributed by atoms with Gasteiger partial charge in [0.25, 0.3) is 11.5 Å². The number of carbonyl (C=O) groups excluding carboxylic acids is 1. The monoisotopic (exact) mass is 472 g/mol. The van der Waals surface area contributed by atoms with Gasteiger partial charge in [-0.1, -0.05) is 24.0 Å². The van der Waals surface area contributed by atoms with Gasteiger partial charge >= 0.3 is 0 Å². The van der Waals surface area contributed by atoms with Crippen molar-refractivity contribution in [3.05, 3.63) is 56.1 Å². The maximum absolute atomic E-state index is 13.1. The summed E-state index contributed by atoms with van der Waals surface area (Å²) < 4.78 is 7.33. The van der Waals surface area contributed by atoms with E-state index < -0.39 is 0 Å². The number of aromatic nitrogens is 1. The van der Waals surface area contributed by atoms with Crippen LogP contribution in [0.1, 0.15) is 22.5 Å². The molecule has 2 aromatic rings. The van der Waals surface area contributed by atoms with Crippen LogP contribution in [0.5, 0.6) is 0 Å². The molecule has 2 aromatic heterocycles. The summed E-state index contributed by atoms with van der Waals surface area (Å²) in [4.78, 5) is 30.0. The zero-order valence-electron chi connectivity index (χ0n) is 17.1. The summed E-state index contributed by atoms with van der Waals surface area (Å²) in [5.74, 6) is 3.08. The first kappa shape index (κ1) is 21.7. The smallest absolute Gasteiger partial charge is 0.270 e. The molecular weight excluding hydrogens is 452 g/mol. The fourth-order valence-electron chi connectivity index (χ4n) is 3.70. The van der Waals surface area contributed by atoms with Gasteiger partial charge in [-0.2, -0.15) is 17.0 Å². The Bertz CT molecular complexity index is 1170. The molecule has 0 saturated carbocycles. The molecule has 2 saturated heterocycles. The Kier molecular flexibility index (Phi) is 6.27. The Balaban J connectivity index is 1.80. The summed E-state index contributed by atoms with van der Waals surface area (Å²) in [7, 11) is 1.68. The molecule has 2 aliphatic rings. The highest BCUT2D eigenvalue weighted by molar-refractivity contribution is 8.26. The van der Waals surface area contributed by atoms with Gasteiger partial charge in [0.15, 0.2) is 0 Å². The first-order valence-electron chi connectivity index (χ1n) is 9.66. The average Bonchev–Trinajstić information content (AvgIpc) is 3.37. The minimum absolute atomic E-state index is 0.0925. The largest absolute Gasteiger partial charge is 0.467 e. The molecule has 0 unspecified atom stereocenters. The second-order valence-electron chi connectivity index (χ2n) is 7.16. The fourth-order valence-corrected chi connectivity index (χ4v) is 5.84. The number of pyridine rings is 1. The normalized spacial score (nSPS) is 18.2. The number of hydrogen-bond acceptors (Lipinski definition) is 8. The Morgan fingerprint density at radius 3 is 2.71 bits per heavy atom. The topological polar surface area (TPSA) is 82.5 Å². The Morgan fingerprint density at radius 2 is 2.06 bits per heavy atom. The molecule has 7 nitrogen and oxygen atoms in total. The minimum atomic E-state index is -0.323. The van der Waals surface area contributed by atoms with Crippen molar-refractivity contribution in [3.8, 4) is 6.07 Å². The highest BCUT2D eigenvalue weighted by Gasteiger charge is 2.33. The number of thioether (sulfide) groups is 2. The zero-order valence-corrected chi connectivity index (χ0v) is 19.5. The maximum atomic E-state index is 13.1. The molecule has 0 spiro atoms. The third kappa shape index (κ3) is 4.05. The maximum Gasteiger partial charge on any atom is 0.270 e. The van der Waals surface area contributed by atoms with Crippen LogP contribution in [0.15, 0.2) is 32.5 Å². The SMILES string of the molecule is Cc1c(/C=C2\SC(=S)N(Cc3ccco3)C2=O)c(N2CCSCC2)n(C)c(=O)c1C#N. The van der Waals surface area contributed by atoms with Gasteiger partial charge in [-0.15, -0.1) is 0 Å². The van der Waals surface area contributed by atoms with E-state index in [2.05, 4.69) is 4.90 Å². The van der Waals surface area contributed by atoms with Crippen molar-refractivity contribution in [1.82, 2.24) is 9.47 Å². The Labute approximate surface area is 193 Å². The molecule has 4 rings (SSSR count). The third-order valence-electron chi connectivity index (χ3n) is 5.32. The fraction of sp³-hybridized carbons (Fsp3) is 0.333. The van der Waals surface area contributed by atoms with Crippen molar-refractivity contribution in [2.24, 2.45) is 7.05 Å². The van der Waals surface area contributed by atoms with Gasteiger partial charge in [0, 0.05) is 37.2 Å². The molecule has 0 bridgehead atoms. The van der Waals surface area contributed by atoms with Crippen LogP contribution in [-0.2, 0) is 18.4 Å². The van der Waals surface area contributed by atoms with Gasteiger partial charge in [-0.3, -0.25) is 19.1 Å². The van der Waals surface area contributed by atoms with Crippen LogP contribution >= 0.6 is 35.7 Å². The molecule has 10 heteroatoms. The standard InChI is InChI=1S/C21H20N4O3S3/c1-13-15(10-17-20(27)25(21(29)31-17)12-14-4-3-7-28-14)18(24-5-8-30-9-6-24)23(2)19(26)16(13)11-22/h3-4,7,10H,5-6,8-9,12H2,1-2H3/b17-10-. The van der Waals surface area contributed by atoms with Crippen molar-refractivity contribution in [2.45, 2.75) is 13.5 Å². The number of nitriles is 1. The van der Waals surface area contributed by atoms with Gasteiger partial charge in [0.2, 0.25) is 0 Å². The lowest BCUT2D eigenvalue weighted by Gasteiger charge is -2.32. The van der Waals surface area contributed by atoms with Crippen molar-refractivity contribution < 1.29 is 9.21 Å². The van der Waals surface area contributed by atoms with Crippen LogP contribution in [0.3, 0.4) is 0 Å². The second-order valence-corrected chi connectivity index (χ2v) is 10.1. The number of anilines is 1. The van der Waals surface area contributed by atoms with Crippen molar-refractivity contribution >= 4 is 57.9 Å². The molecule has 160 valence electrons. The van der Waals surface area contributed by atoms with E-state index >= 15 is 0 Å². The average molecular weight is 473 g/mol. The van der Waals surface area contributed by atoms with Crippen LogP contribution in [0.4, 0.5) is 5.82 Å². The Morgan fingerprint density at radius 1 is 1.32 bits per heavy atom. The van der Waals surface area contributed by atoms with Crippen molar-refractivity contribution in [1.29, 1.82) is 5.26 Å². The molecule has 0 N–H and O–H groups in total. The second kappa shape index (κ2) is 8.94. The number of amides is 1. The molecule has 2 aliphatic heterocycles. The predicted octanol–water partition coefficient (Wildman–Crippen LogP) is 3.11. The molecule has 4 heterocycles. The quantitative estimate of drug-likeness (QED) is 0.496. The number of carbonyl (C=O) groups is 1. The van der Waals surface area contributed by atoms with Gasteiger partial charge in [-0.25, -0.2) is 0 Å². The number of furan rings is 1. The number of thiocarbonyl (C=S) groups is 1. The summed E-state index contributed by atoms with van der Waals surface area (Å²) in [6, 6.07) is 5.60. The zero-order chi connectivity index (χ0) is 22.1. The molecule has 0 aliphatic carbocycles. The van der Waals surface area contributed by atoms with Gasteiger partial charge < -0.3 is 9.32 Å². The summed E-state index contributed by atoms with van der Waals surface area (Å²) in [6.07, 6.45) is 3.33. The minimum Gasteiger partial charge on any atom is -0.467 e. The van der Waals surface area contributed by atoms with E-state index in [-0.39, 0.29) is 23.6 Å². The van der Waals surface area contributed by atoms with Crippen molar-refractivity contribution in [3.63, 3.8) is 0 Å². The Hall–Kier alpha value is -2.48. The number of rotatable bonds is 4. The first-order valence-corrected chi connectivity index (χ1v) is 12.0. The molecule has 1 amide bonds. The molecule has 0 aromatic carbocycles. The third-order valence-corrected chi connectivity index (χ3v) is 7.64. The lowest BCUT2D eigenvalue weighted by Crippen LogP contribution is -2.38. The molecule has 31 heavy (non-hydrogen) atoms. The lowest BCUT2D eigenvalue weighted by atomic mass is 10.0. The number of nitrogens with zero attached hydrogens (tertiary/aromatic N) is 4. The van der Waals surface area contributed by atoms with Crippen LogP contribution in [0.25, 0.3) is 6.08 Å².